The summed E-state index contributed by atoms with van der Waals surface area (Å²) in [7, 11) is 0. The van der Waals surface area contributed by atoms with Crippen LogP contribution in [0.4, 0.5) is 13.2 Å². The highest BCUT2D eigenvalue weighted by Gasteiger charge is 2.28. The molecule has 0 spiro atoms. The van der Waals surface area contributed by atoms with Gasteiger partial charge in [-0.15, -0.1) is 0 Å². The van der Waals surface area contributed by atoms with E-state index in [9.17, 15) is 13.2 Å². The molecule has 0 saturated heterocycles. The van der Waals surface area contributed by atoms with Crippen molar-refractivity contribution in [2.75, 3.05) is 0 Å². The van der Waals surface area contributed by atoms with Crippen LogP contribution in [0.25, 0.3) is 0 Å². The molecule has 66 valence electrons. The molecule has 0 atom stereocenters. The maximum atomic E-state index is 11.8. The van der Waals surface area contributed by atoms with Gasteiger partial charge in [-0.25, -0.2) is 0 Å². The van der Waals surface area contributed by atoms with Gasteiger partial charge in [0.05, 0.1) is 6.42 Å². The predicted octanol–water partition coefficient (Wildman–Crippen LogP) is 2.49. The average Bonchev–Trinajstić information content (AvgIpc) is 1.82. The second-order valence-electron chi connectivity index (χ2n) is 2.56. The van der Waals surface area contributed by atoms with Crippen LogP contribution in [0.2, 0.25) is 0 Å². The van der Waals surface area contributed by atoms with Gasteiger partial charge in [-0.2, -0.15) is 13.2 Å². The maximum Gasteiger partial charge on any atom is 0.394 e. The van der Waals surface area contributed by atoms with Crippen LogP contribution in [-0.2, 0) is 6.42 Å². The van der Waals surface area contributed by atoms with Crippen molar-refractivity contribution in [1.82, 2.24) is 4.98 Å². The van der Waals surface area contributed by atoms with Gasteiger partial charge in [0.2, 0.25) is 0 Å². The SMILES string of the molecule is Cc1cccc(CC(F)(F)F)n1. The van der Waals surface area contributed by atoms with Gasteiger partial charge in [-0.3, -0.25) is 4.98 Å². The van der Waals surface area contributed by atoms with Crippen LogP contribution < -0.4 is 0 Å². The molecule has 0 bridgehead atoms. The molecule has 0 saturated carbocycles. The molecule has 1 aromatic heterocycles. The Hall–Kier alpha value is -1.06. The van der Waals surface area contributed by atoms with E-state index < -0.39 is 12.6 Å². The minimum Gasteiger partial charge on any atom is -0.258 e. The minimum absolute atomic E-state index is 0.0718. The van der Waals surface area contributed by atoms with Crippen LogP contribution >= 0.6 is 0 Å². The van der Waals surface area contributed by atoms with Crippen LogP contribution in [-0.4, -0.2) is 11.2 Å². The molecule has 1 nitrogen and oxygen atoms in total. The molecule has 1 aromatic rings. The van der Waals surface area contributed by atoms with E-state index in [2.05, 4.69) is 4.98 Å². The van der Waals surface area contributed by atoms with Gasteiger partial charge in [0.15, 0.2) is 0 Å². The lowest BCUT2D eigenvalue weighted by Gasteiger charge is -2.05. The molecule has 0 aliphatic rings. The Morgan fingerprint density at radius 3 is 2.50 bits per heavy atom. The fourth-order valence-corrected chi connectivity index (χ4v) is 0.903. The summed E-state index contributed by atoms with van der Waals surface area (Å²) in [5.74, 6) is 0. The smallest absolute Gasteiger partial charge is 0.258 e. The Labute approximate surface area is 68.2 Å². The monoisotopic (exact) mass is 175 g/mol. The zero-order valence-corrected chi connectivity index (χ0v) is 6.52. The Bertz CT molecular complexity index is 267. The Morgan fingerprint density at radius 1 is 1.33 bits per heavy atom. The number of rotatable bonds is 1. The van der Waals surface area contributed by atoms with E-state index in [1.807, 2.05) is 0 Å². The Balaban J connectivity index is 2.77. The van der Waals surface area contributed by atoms with Crippen molar-refractivity contribution in [3.8, 4) is 0 Å². The number of aryl methyl sites for hydroxylation is 1. The van der Waals surface area contributed by atoms with Gasteiger partial charge in [-0.05, 0) is 19.1 Å². The first-order valence-electron chi connectivity index (χ1n) is 3.47. The van der Waals surface area contributed by atoms with Gasteiger partial charge in [-0.1, -0.05) is 6.07 Å². The second kappa shape index (κ2) is 3.13. The van der Waals surface area contributed by atoms with E-state index in [-0.39, 0.29) is 5.69 Å². The fraction of sp³-hybridized carbons (Fsp3) is 0.375. The second-order valence-corrected chi connectivity index (χ2v) is 2.56. The molecule has 0 fully saturated rings. The van der Waals surface area contributed by atoms with E-state index in [1.54, 1.807) is 19.1 Å². The van der Waals surface area contributed by atoms with E-state index in [0.717, 1.165) is 0 Å². The zero-order valence-electron chi connectivity index (χ0n) is 6.52. The summed E-state index contributed by atoms with van der Waals surface area (Å²) in [5, 5.41) is 0. The standard InChI is InChI=1S/C8H8F3N/c1-6-3-2-4-7(12-6)5-8(9,10)11/h2-4H,5H2,1H3. The highest BCUT2D eigenvalue weighted by molar-refractivity contribution is 5.10. The molecule has 0 amide bonds. The number of alkyl halides is 3. The number of aromatic nitrogens is 1. The molecule has 0 N–H and O–H groups in total. The molecule has 0 radical (unpaired) electrons. The molecule has 12 heavy (non-hydrogen) atoms. The third-order valence-corrected chi connectivity index (χ3v) is 1.33. The van der Waals surface area contributed by atoms with Crippen molar-refractivity contribution in [2.24, 2.45) is 0 Å². The Kier molecular flexibility index (Phi) is 2.35. The predicted molar refractivity (Wildman–Crippen MR) is 38.7 cm³/mol. The largest absolute Gasteiger partial charge is 0.394 e. The summed E-state index contributed by atoms with van der Waals surface area (Å²) < 4.78 is 35.5. The molecular weight excluding hydrogens is 167 g/mol. The molecule has 0 aromatic carbocycles. The number of halogens is 3. The Morgan fingerprint density at radius 2 is 2.00 bits per heavy atom. The molecule has 1 heterocycles. The van der Waals surface area contributed by atoms with Crippen molar-refractivity contribution in [3.63, 3.8) is 0 Å². The van der Waals surface area contributed by atoms with E-state index in [4.69, 9.17) is 0 Å². The maximum absolute atomic E-state index is 11.8. The minimum atomic E-state index is -4.17. The van der Waals surface area contributed by atoms with Crippen molar-refractivity contribution < 1.29 is 13.2 Å². The fourth-order valence-electron chi connectivity index (χ4n) is 0.903. The lowest BCUT2D eigenvalue weighted by atomic mass is 10.2. The van der Waals surface area contributed by atoms with Crippen LogP contribution in [0, 0.1) is 6.92 Å². The van der Waals surface area contributed by atoms with Gasteiger partial charge in [0, 0.05) is 11.4 Å². The summed E-state index contributed by atoms with van der Waals surface area (Å²) in [5.41, 5.74) is 0.680. The van der Waals surface area contributed by atoms with Crippen LogP contribution in [0.15, 0.2) is 18.2 Å². The van der Waals surface area contributed by atoms with Crippen LogP contribution in [0.5, 0.6) is 0 Å². The summed E-state index contributed by atoms with van der Waals surface area (Å²) in [6.45, 7) is 1.67. The summed E-state index contributed by atoms with van der Waals surface area (Å²) in [6, 6.07) is 4.61. The van der Waals surface area contributed by atoms with Crippen LogP contribution in [0.3, 0.4) is 0 Å². The summed E-state index contributed by atoms with van der Waals surface area (Å²) in [4.78, 5) is 3.74. The zero-order chi connectivity index (χ0) is 9.19. The van der Waals surface area contributed by atoms with E-state index in [0.29, 0.717) is 5.69 Å². The normalized spacial score (nSPS) is 11.7. The molecule has 0 aliphatic carbocycles. The number of hydrogen-bond donors (Lipinski definition) is 0. The molecule has 4 heteroatoms. The first-order valence-corrected chi connectivity index (χ1v) is 3.47. The third kappa shape index (κ3) is 2.90. The highest BCUT2D eigenvalue weighted by atomic mass is 19.4. The van der Waals surface area contributed by atoms with Crippen molar-refractivity contribution >= 4 is 0 Å². The highest BCUT2D eigenvalue weighted by Crippen LogP contribution is 2.19. The molecule has 0 unspecified atom stereocenters. The number of hydrogen-bond acceptors (Lipinski definition) is 1. The number of pyridine rings is 1. The quantitative estimate of drug-likeness (QED) is 0.639. The average molecular weight is 175 g/mol. The summed E-state index contributed by atoms with van der Waals surface area (Å²) >= 11 is 0. The molecule has 0 aliphatic heterocycles. The third-order valence-electron chi connectivity index (χ3n) is 1.33. The first-order chi connectivity index (χ1) is 5.47. The van der Waals surface area contributed by atoms with Gasteiger partial charge >= 0.3 is 6.18 Å². The number of nitrogens with zero attached hydrogens (tertiary/aromatic N) is 1. The van der Waals surface area contributed by atoms with Crippen molar-refractivity contribution in [3.05, 3.63) is 29.6 Å². The topological polar surface area (TPSA) is 12.9 Å². The van der Waals surface area contributed by atoms with E-state index >= 15 is 0 Å². The van der Waals surface area contributed by atoms with Crippen LogP contribution in [0.1, 0.15) is 11.4 Å². The van der Waals surface area contributed by atoms with Gasteiger partial charge in [0.25, 0.3) is 0 Å². The van der Waals surface area contributed by atoms with Crippen molar-refractivity contribution in [2.45, 2.75) is 19.5 Å². The molecule has 1 rings (SSSR count). The first kappa shape index (κ1) is 9.03. The lowest BCUT2D eigenvalue weighted by molar-refractivity contribution is -0.127. The van der Waals surface area contributed by atoms with Gasteiger partial charge in [0.1, 0.15) is 0 Å². The molecular formula is C8H8F3N. The van der Waals surface area contributed by atoms with Crippen molar-refractivity contribution in [1.29, 1.82) is 0 Å². The lowest BCUT2D eigenvalue weighted by Crippen LogP contribution is -2.12. The van der Waals surface area contributed by atoms with E-state index in [1.165, 1.54) is 6.07 Å². The summed E-state index contributed by atoms with van der Waals surface area (Å²) in [6.07, 6.45) is -5.12. The van der Waals surface area contributed by atoms with Gasteiger partial charge < -0.3 is 0 Å².